The standard InChI is InChI=1S/C25H29N3O3S/c1-27-14-12-20(13-15-27)31-24-22-6-4-3-5-18(22)11-16-28-17-23(26-25(24)28)19-7-9-21(10-8-19)32(2,29)30/h3-10,17,20,24H,11-16H2,1-2H3. The maximum absolute atomic E-state index is 11.8. The van der Waals surface area contributed by atoms with Gasteiger partial charge in [0, 0.05) is 37.7 Å². The van der Waals surface area contributed by atoms with E-state index in [1.807, 2.05) is 12.1 Å². The van der Waals surface area contributed by atoms with Crippen molar-refractivity contribution in [3.05, 3.63) is 71.7 Å². The minimum Gasteiger partial charge on any atom is -0.362 e. The van der Waals surface area contributed by atoms with Crippen molar-refractivity contribution in [2.24, 2.45) is 0 Å². The highest BCUT2D eigenvalue weighted by Crippen LogP contribution is 2.36. The van der Waals surface area contributed by atoms with Crippen LogP contribution in [0.2, 0.25) is 0 Å². The molecule has 3 heterocycles. The van der Waals surface area contributed by atoms with Gasteiger partial charge in [-0.05, 0) is 49.6 Å². The van der Waals surface area contributed by atoms with Crippen LogP contribution in [0, 0.1) is 0 Å². The van der Waals surface area contributed by atoms with E-state index in [0.29, 0.717) is 4.90 Å². The number of aryl methyl sites for hydroxylation is 2. The molecule has 0 radical (unpaired) electrons. The molecule has 0 saturated carbocycles. The van der Waals surface area contributed by atoms with Crippen LogP contribution < -0.4 is 0 Å². The van der Waals surface area contributed by atoms with Gasteiger partial charge in [-0.1, -0.05) is 36.4 Å². The molecule has 1 aromatic heterocycles. The Morgan fingerprint density at radius 3 is 2.44 bits per heavy atom. The number of piperidine rings is 1. The van der Waals surface area contributed by atoms with Crippen LogP contribution in [0.25, 0.3) is 11.3 Å². The molecule has 2 aromatic carbocycles. The molecule has 7 heteroatoms. The Bertz CT molecular complexity index is 1210. The molecule has 0 bridgehead atoms. The zero-order chi connectivity index (χ0) is 22.3. The van der Waals surface area contributed by atoms with Gasteiger partial charge in [-0.3, -0.25) is 0 Å². The normalized spacial score (nSPS) is 19.9. The maximum atomic E-state index is 11.8. The van der Waals surface area contributed by atoms with Crippen LogP contribution in [0.4, 0.5) is 0 Å². The first-order valence-corrected chi connectivity index (χ1v) is 13.1. The van der Waals surface area contributed by atoms with E-state index in [4.69, 9.17) is 9.72 Å². The molecule has 1 fully saturated rings. The lowest BCUT2D eigenvalue weighted by Gasteiger charge is -2.32. The molecule has 32 heavy (non-hydrogen) atoms. The van der Waals surface area contributed by atoms with Gasteiger partial charge in [-0.15, -0.1) is 0 Å². The highest BCUT2D eigenvalue weighted by molar-refractivity contribution is 7.90. The van der Waals surface area contributed by atoms with Gasteiger partial charge in [-0.2, -0.15) is 0 Å². The smallest absolute Gasteiger partial charge is 0.175 e. The Kier molecular flexibility index (Phi) is 5.65. The molecule has 0 spiro atoms. The molecule has 168 valence electrons. The summed E-state index contributed by atoms with van der Waals surface area (Å²) >= 11 is 0. The molecule has 0 aliphatic carbocycles. The number of aromatic nitrogens is 2. The van der Waals surface area contributed by atoms with E-state index in [9.17, 15) is 8.42 Å². The van der Waals surface area contributed by atoms with E-state index < -0.39 is 9.84 Å². The Morgan fingerprint density at radius 2 is 1.72 bits per heavy atom. The number of rotatable bonds is 4. The van der Waals surface area contributed by atoms with Gasteiger partial charge in [0.1, 0.15) is 11.9 Å². The fourth-order valence-corrected chi connectivity index (χ4v) is 5.31. The SMILES string of the molecule is CN1CCC(OC2c3ccccc3CCn3cc(-c4ccc(S(C)(=O)=O)cc4)nc32)CC1. The topological polar surface area (TPSA) is 64.4 Å². The minimum absolute atomic E-state index is 0.203. The summed E-state index contributed by atoms with van der Waals surface area (Å²) in [7, 11) is -1.06. The summed E-state index contributed by atoms with van der Waals surface area (Å²) in [5.41, 5.74) is 4.27. The van der Waals surface area contributed by atoms with Gasteiger partial charge >= 0.3 is 0 Å². The molecule has 1 atom stereocenters. The molecule has 0 N–H and O–H groups in total. The van der Waals surface area contributed by atoms with E-state index in [2.05, 4.69) is 47.0 Å². The number of nitrogens with zero attached hydrogens (tertiary/aromatic N) is 3. The first-order chi connectivity index (χ1) is 15.4. The van der Waals surface area contributed by atoms with E-state index in [1.165, 1.54) is 17.4 Å². The number of ether oxygens (including phenoxy) is 1. The van der Waals surface area contributed by atoms with Gasteiger partial charge in [0.2, 0.25) is 0 Å². The van der Waals surface area contributed by atoms with Crippen molar-refractivity contribution in [2.45, 2.75) is 42.9 Å². The predicted molar refractivity (Wildman–Crippen MR) is 124 cm³/mol. The third-order valence-corrected chi connectivity index (χ3v) is 7.70. The fraction of sp³-hybridized carbons (Fsp3) is 0.400. The Morgan fingerprint density at radius 1 is 1.00 bits per heavy atom. The zero-order valence-corrected chi connectivity index (χ0v) is 19.4. The number of hydrogen-bond acceptors (Lipinski definition) is 5. The summed E-state index contributed by atoms with van der Waals surface area (Å²) < 4.78 is 32.6. The Balaban J connectivity index is 1.51. The number of imidazole rings is 1. The maximum Gasteiger partial charge on any atom is 0.175 e. The lowest BCUT2D eigenvalue weighted by molar-refractivity contribution is -0.0275. The number of likely N-dealkylation sites (tertiary alicyclic amines) is 1. The zero-order valence-electron chi connectivity index (χ0n) is 18.6. The largest absolute Gasteiger partial charge is 0.362 e. The van der Waals surface area contributed by atoms with Gasteiger partial charge in [-0.25, -0.2) is 13.4 Å². The summed E-state index contributed by atoms with van der Waals surface area (Å²) in [5.74, 6) is 0.927. The van der Waals surface area contributed by atoms with Crippen molar-refractivity contribution in [3.63, 3.8) is 0 Å². The summed E-state index contributed by atoms with van der Waals surface area (Å²) in [6, 6.07) is 15.5. The van der Waals surface area contributed by atoms with Gasteiger partial charge in [0.25, 0.3) is 0 Å². The third kappa shape index (κ3) is 4.25. The molecular formula is C25H29N3O3S. The van der Waals surface area contributed by atoms with Crippen LogP contribution in [-0.2, 0) is 27.5 Å². The number of sulfone groups is 1. The molecular weight excluding hydrogens is 422 g/mol. The van der Waals surface area contributed by atoms with Crippen molar-refractivity contribution in [1.82, 2.24) is 14.5 Å². The highest BCUT2D eigenvalue weighted by Gasteiger charge is 2.30. The number of hydrogen-bond donors (Lipinski definition) is 0. The molecule has 3 aromatic rings. The molecule has 5 rings (SSSR count). The molecule has 1 saturated heterocycles. The monoisotopic (exact) mass is 451 g/mol. The van der Waals surface area contributed by atoms with Crippen molar-refractivity contribution in [1.29, 1.82) is 0 Å². The summed E-state index contributed by atoms with van der Waals surface area (Å²) in [4.78, 5) is 7.68. The van der Waals surface area contributed by atoms with Gasteiger partial charge in [0.05, 0.1) is 16.7 Å². The van der Waals surface area contributed by atoms with Crippen LogP contribution in [0.15, 0.2) is 59.6 Å². The second-order valence-corrected chi connectivity index (χ2v) is 11.0. The average molecular weight is 452 g/mol. The van der Waals surface area contributed by atoms with Crippen molar-refractivity contribution < 1.29 is 13.2 Å². The van der Waals surface area contributed by atoms with Gasteiger partial charge < -0.3 is 14.2 Å². The van der Waals surface area contributed by atoms with E-state index >= 15 is 0 Å². The van der Waals surface area contributed by atoms with Crippen LogP contribution in [0.1, 0.15) is 35.9 Å². The molecule has 2 aliphatic heterocycles. The number of benzene rings is 2. The summed E-state index contributed by atoms with van der Waals surface area (Å²) in [6.45, 7) is 2.94. The van der Waals surface area contributed by atoms with Crippen molar-refractivity contribution in [3.8, 4) is 11.3 Å². The molecule has 0 amide bonds. The van der Waals surface area contributed by atoms with Crippen LogP contribution in [-0.4, -0.2) is 55.4 Å². The lowest BCUT2D eigenvalue weighted by atomic mass is 10.00. The first kappa shape index (κ1) is 21.4. The van der Waals surface area contributed by atoms with E-state index in [-0.39, 0.29) is 12.2 Å². The summed E-state index contributed by atoms with van der Waals surface area (Å²) in [5, 5.41) is 0. The molecule has 1 unspecified atom stereocenters. The van der Waals surface area contributed by atoms with E-state index in [1.54, 1.807) is 12.1 Å². The van der Waals surface area contributed by atoms with Crippen LogP contribution in [0.5, 0.6) is 0 Å². The number of fused-ring (bicyclic) bond motifs is 2. The highest BCUT2D eigenvalue weighted by atomic mass is 32.2. The second-order valence-electron chi connectivity index (χ2n) is 8.94. The third-order valence-electron chi connectivity index (χ3n) is 6.57. The Labute approximate surface area is 189 Å². The minimum atomic E-state index is -3.22. The first-order valence-electron chi connectivity index (χ1n) is 11.2. The average Bonchev–Trinajstić information content (AvgIpc) is 3.15. The van der Waals surface area contributed by atoms with Crippen molar-refractivity contribution in [2.75, 3.05) is 26.4 Å². The van der Waals surface area contributed by atoms with E-state index in [0.717, 1.165) is 56.0 Å². The van der Waals surface area contributed by atoms with Crippen LogP contribution >= 0.6 is 0 Å². The predicted octanol–water partition coefficient (Wildman–Crippen LogP) is 3.71. The molecule has 2 aliphatic rings. The van der Waals surface area contributed by atoms with Crippen LogP contribution in [0.3, 0.4) is 0 Å². The summed E-state index contributed by atoms with van der Waals surface area (Å²) in [6.07, 6.45) is 6.28. The Hall–Kier alpha value is -2.48. The van der Waals surface area contributed by atoms with Gasteiger partial charge in [0.15, 0.2) is 9.84 Å². The lowest BCUT2D eigenvalue weighted by Crippen LogP contribution is -2.35. The fourth-order valence-electron chi connectivity index (χ4n) is 4.68. The molecule has 6 nitrogen and oxygen atoms in total. The second kappa shape index (κ2) is 8.46. The van der Waals surface area contributed by atoms with Crippen molar-refractivity contribution >= 4 is 9.84 Å². The quantitative estimate of drug-likeness (QED) is 0.605.